The zero-order valence-electron chi connectivity index (χ0n) is 15.7. The predicted molar refractivity (Wildman–Crippen MR) is 100 cm³/mol. The maximum Gasteiger partial charge on any atom is 0.387 e. The first-order valence-electron chi connectivity index (χ1n) is 8.72. The van der Waals surface area contributed by atoms with E-state index >= 15 is 0 Å². The Hall–Kier alpha value is -4.00. The Morgan fingerprint density at radius 2 is 1.97 bits per heavy atom. The van der Waals surface area contributed by atoms with Crippen molar-refractivity contribution in [2.24, 2.45) is 0 Å². The number of benzene rings is 2. The number of anilines is 1. The number of nitrogens with one attached hydrogen (secondary N) is 2. The number of imide groups is 1. The Balaban J connectivity index is 1.72. The summed E-state index contributed by atoms with van der Waals surface area (Å²) >= 11 is 0. The smallest absolute Gasteiger partial charge is 0.387 e. The van der Waals surface area contributed by atoms with E-state index in [9.17, 15) is 23.2 Å². The summed E-state index contributed by atoms with van der Waals surface area (Å²) in [6.45, 7) is -2.07. The average molecular weight is 414 g/mol. The zero-order valence-corrected chi connectivity index (χ0v) is 15.7. The van der Waals surface area contributed by atoms with Crippen LogP contribution in [0, 0.1) is 11.3 Å². The maximum absolute atomic E-state index is 12.9. The van der Waals surface area contributed by atoms with E-state index in [1.807, 2.05) is 6.07 Å². The number of nitrogens with zero attached hydrogens (tertiary/aromatic N) is 2. The summed E-state index contributed by atoms with van der Waals surface area (Å²) in [5, 5.41) is 14.0. The number of alkyl halides is 2. The molecule has 154 valence electrons. The molecular formula is C20H16F2N4O4. The molecule has 0 bridgehead atoms. The second-order valence-electron chi connectivity index (χ2n) is 6.59. The quantitative estimate of drug-likeness (QED) is 0.706. The molecule has 3 rings (SSSR count). The minimum Gasteiger partial charge on any atom is -0.435 e. The lowest BCUT2D eigenvalue weighted by Crippen LogP contribution is -2.42. The van der Waals surface area contributed by atoms with Crippen LogP contribution in [-0.4, -0.2) is 35.9 Å². The van der Waals surface area contributed by atoms with Crippen LogP contribution >= 0.6 is 0 Å². The molecule has 0 unspecified atom stereocenters. The van der Waals surface area contributed by atoms with Crippen molar-refractivity contribution in [3.05, 3.63) is 59.7 Å². The monoisotopic (exact) mass is 414 g/mol. The number of carbonyl (C=O) groups excluding carboxylic acids is 3. The predicted octanol–water partition coefficient (Wildman–Crippen LogP) is 2.57. The molecule has 0 aliphatic carbocycles. The molecule has 2 aromatic rings. The minimum atomic E-state index is -2.98. The van der Waals surface area contributed by atoms with E-state index in [4.69, 9.17) is 5.26 Å². The standard InChI is InChI=1S/C20H16F2N4O4/c1-20(13-5-7-15(8-6-13)30-18(21)22)17(28)26(19(29)25-20)11-16(27)24-14-4-2-3-12(9-14)10-23/h2-9,18H,11H2,1H3,(H,24,27)(H,25,29)/t20-/m1/s1. The average Bonchev–Trinajstić information content (AvgIpc) is 2.92. The number of halogens is 2. The van der Waals surface area contributed by atoms with Gasteiger partial charge in [0.25, 0.3) is 5.91 Å². The number of ether oxygens (including phenoxy) is 1. The molecule has 30 heavy (non-hydrogen) atoms. The van der Waals surface area contributed by atoms with Crippen LogP contribution in [0.4, 0.5) is 19.3 Å². The molecule has 1 aliphatic heterocycles. The molecule has 2 aromatic carbocycles. The van der Waals surface area contributed by atoms with Crippen LogP contribution in [0.5, 0.6) is 5.75 Å². The fraction of sp³-hybridized carbons (Fsp3) is 0.200. The number of carbonyl (C=O) groups is 3. The van der Waals surface area contributed by atoms with Crippen LogP contribution in [0.25, 0.3) is 0 Å². The second-order valence-corrected chi connectivity index (χ2v) is 6.59. The molecule has 10 heteroatoms. The van der Waals surface area contributed by atoms with E-state index < -0.39 is 36.5 Å². The first-order valence-corrected chi connectivity index (χ1v) is 8.72. The van der Waals surface area contributed by atoms with Gasteiger partial charge < -0.3 is 15.4 Å². The highest BCUT2D eigenvalue weighted by Crippen LogP contribution is 2.30. The summed E-state index contributed by atoms with van der Waals surface area (Å²) in [6, 6.07) is 12.6. The van der Waals surface area contributed by atoms with Crippen molar-refractivity contribution >= 4 is 23.5 Å². The molecule has 1 heterocycles. The Morgan fingerprint density at radius 1 is 1.27 bits per heavy atom. The lowest BCUT2D eigenvalue weighted by atomic mass is 9.92. The van der Waals surface area contributed by atoms with Gasteiger partial charge in [0.2, 0.25) is 5.91 Å². The SMILES string of the molecule is C[C@]1(c2ccc(OC(F)F)cc2)NC(=O)N(CC(=O)Nc2cccc(C#N)c2)C1=O. The number of urea groups is 1. The summed E-state index contributed by atoms with van der Waals surface area (Å²) < 4.78 is 28.8. The highest BCUT2D eigenvalue weighted by atomic mass is 19.3. The van der Waals surface area contributed by atoms with Crippen molar-refractivity contribution in [3.63, 3.8) is 0 Å². The maximum atomic E-state index is 12.9. The van der Waals surface area contributed by atoms with Gasteiger partial charge in [0.05, 0.1) is 11.6 Å². The van der Waals surface area contributed by atoms with Gasteiger partial charge in [-0.25, -0.2) is 4.79 Å². The van der Waals surface area contributed by atoms with Crippen LogP contribution in [0.15, 0.2) is 48.5 Å². The Bertz CT molecular complexity index is 1040. The Morgan fingerprint density at radius 3 is 2.60 bits per heavy atom. The summed E-state index contributed by atoms with van der Waals surface area (Å²) in [5.41, 5.74) is -0.438. The molecule has 1 saturated heterocycles. The lowest BCUT2D eigenvalue weighted by molar-refractivity contribution is -0.133. The Kier molecular flexibility index (Phi) is 5.64. The van der Waals surface area contributed by atoms with Crippen LogP contribution < -0.4 is 15.4 Å². The largest absolute Gasteiger partial charge is 0.435 e. The van der Waals surface area contributed by atoms with Crippen molar-refractivity contribution in [2.45, 2.75) is 19.1 Å². The molecule has 0 aromatic heterocycles. The Labute approximate surface area is 170 Å². The number of nitriles is 1. The third-order valence-electron chi connectivity index (χ3n) is 4.51. The van der Waals surface area contributed by atoms with E-state index in [1.54, 1.807) is 18.2 Å². The van der Waals surface area contributed by atoms with Crippen LogP contribution in [0.2, 0.25) is 0 Å². The van der Waals surface area contributed by atoms with Crippen LogP contribution in [-0.2, 0) is 15.1 Å². The normalized spacial score (nSPS) is 18.2. The molecule has 1 aliphatic rings. The van der Waals surface area contributed by atoms with Crippen molar-refractivity contribution < 1.29 is 27.9 Å². The summed E-state index contributed by atoms with van der Waals surface area (Å²) in [7, 11) is 0. The van der Waals surface area contributed by atoms with Gasteiger partial charge in [-0.3, -0.25) is 14.5 Å². The summed E-state index contributed by atoms with van der Waals surface area (Å²) in [6.07, 6.45) is 0. The third-order valence-corrected chi connectivity index (χ3v) is 4.51. The molecule has 0 saturated carbocycles. The van der Waals surface area contributed by atoms with Gasteiger partial charge in [0, 0.05) is 5.69 Å². The van der Waals surface area contributed by atoms with Gasteiger partial charge >= 0.3 is 12.6 Å². The number of hydrogen-bond donors (Lipinski definition) is 2. The molecule has 0 radical (unpaired) electrons. The number of amides is 4. The summed E-state index contributed by atoms with van der Waals surface area (Å²) in [4.78, 5) is 38.2. The molecule has 0 spiro atoms. The van der Waals surface area contributed by atoms with Gasteiger partial charge in [-0.2, -0.15) is 14.0 Å². The van der Waals surface area contributed by atoms with E-state index in [1.165, 1.54) is 37.3 Å². The van der Waals surface area contributed by atoms with E-state index in [0.717, 1.165) is 4.90 Å². The number of hydrogen-bond acceptors (Lipinski definition) is 5. The van der Waals surface area contributed by atoms with Gasteiger partial charge in [-0.05, 0) is 42.8 Å². The second kappa shape index (κ2) is 8.16. The third kappa shape index (κ3) is 4.20. The van der Waals surface area contributed by atoms with Crippen molar-refractivity contribution in [1.29, 1.82) is 5.26 Å². The van der Waals surface area contributed by atoms with Crippen molar-refractivity contribution in [2.75, 3.05) is 11.9 Å². The molecule has 4 amide bonds. The van der Waals surface area contributed by atoms with Crippen molar-refractivity contribution in [1.82, 2.24) is 10.2 Å². The molecule has 8 nitrogen and oxygen atoms in total. The lowest BCUT2D eigenvalue weighted by Gasteiger charge is -2.22. The molecular weight excluding hydrogens is 398 g/mol. The van der Waals surface area contributed by atoms with Gasteiger partial charge in [0.1, 0.15) is 17.8 Å². The van der Waals surface area contributed by atoms with Gasteiger partial charge in [-0.15, -0.1) is 0 Å². The molecule has 1 atom stereocenters. The van der Waals surface area contributed by atoms with Crippen LogP contribution in [0.3, 0.4) is 0 Å². The fourth-order valence-electron chi connectivity index (χ4n) is 3.02. The van der Waals surface area contributed by atoms with Gasteiger partial charge in [0.15, 0.2) is 0 Å². The van der Waals surface area contributed by atoms with E-state index in [2.05, 4.69) is 15.4 Å². The number of rotatable bonds is 6. The topological polar surface area (TPSA) is 112 Å². The van der Waals surface area contributed by atoms with Crippen LogP contribution in [0.1, 0.15) is 18.1 Å². The molecule has 2 N–H and O–H groups in total. The minimum absolute atomic E-state index is 0.0926. The highest BCUT2D eigenvalue weighted by molar-refractivity contribution is 6.10. The molecule has 1 fully saturated rings. The summed E-state index contributed by atoms with van der Waals surface area (Å²) in [5.74, 6) is -1.39. The highest BCUT2D eigenvalue weighted by Gasteiger charge is 2.49. The first kappa shape index (κ1) is 20.7. The zero-order chi connectivity index (χ0) is 21.9. The first-order chi connectivity index (χ1) is 14.2. The fourth-order valence-corrected chi connectivity index (χ4v) is 3.02. The van der Waals surface area contributed by atoms with E-state index in [0.29, 0.717) is 16.8 Å². The van der Waals surface area contributed by atoms with Crippen molar-refractivity contribution in [3.8, 4) is 11.8 Å². The van der Waals surface area contributed by atoms with Gasteiger partial charge in [-0.1, -0.05) is 18.2 Å². The van der Waals surface area contributed by atoms with E-state index in [-0.39, 0.29) is 5.75 Å².